The van der Waals surface area contributed by atoms with Crippen LogP contribution in [0.15, 0.2) is 72.9 Å². The zero-order valence-electron chi connectivity index (χ0n) is 45.6. The fraction of sp³-hybridized carbons (Fsp3) is 0.762. The molecule has 0 fully saturated rings. The molecule has 6 nitrogen and oxygen atoms in total. The number of esters is 3. The van der Waals surface area contributed by atoms with E-state index in [0.29, 0.717) is 19.3 Å². The summed E-state index contributed by atoms with van der Waals surface area (Å²) >= 11 is 0. The fourth-order valence-corrected chi connectivity index (χ4v) is 8.25. The monoisotopic (exact) mass is 963 g/mol. The van der Waals surface area contributed by atoms with Crippen LogP contribution in [0.5, 0.6) is 0 Å². The summed E-state index contributed by atoms with van der Waals surface area (Å²) in [5, 5.41) is 0. The SMILES string of the molecule is CC/C=C\C/C=C\C/C=C\CCCCCCCC(=O)OC(COC(=O)CCCCCCC/C=C\CCCCCC)COC(=O)CCCCCCCCCCCCC/C=C\C/C=C\CCCCCCC. The summed E-state index contributed by atoms with van der Waals surface area (Å²) in [5.41, 5.74) is 0. The van der Waals surface area contributed by atoms with E-state index in [-0.39, 0.29) is 31.1 Å². The maximum Gasteiger partial charge on any atom is 0.306 e. The van der Waals surface area contributed by atoms with Gasteiger partial charge in [0, 0.05) is 19.3 Å². The average Bonchev–Trinajstić information content (AvgIpc) is 3.35. The van der Waals surface area contributed by atoms with E-state index in [1.165, 1.54) is 141 Å². The Morgan fingerprint density at radius 2 is 0.565 bits per heavy atom. The van der Waals surface area contributed by atoms with Crippen molar-refractivity contribution < 1.29 is 28.6 Å². The molecular weight excluding hydrogens is 853 g/mol. The van der Waals surface area contributed by atoms with E-state index >= 15 is 0 Å². The predicted molar refractivity (Wildman–Crippen MR) is 298 cm³/mol. The van der Waals surface area contributed by atoms with Crippen LogP contribution in [0.3, 0.4) is 0 Å². The zero-order valence-corrected chi connectivity index (χ0v) is 45.6. The Bertz CT molecular complexity index is 1290. The van der Waals surface area contributed by atoms with Crippen LogP contribution in [0.1, 0.15) is 290 Å². The molecule has 1 atom stereocenters. The molecule has 0 saturated heterocycles. The van der Waals surface area contributed by atoms with Crippen LogP contribution in [-0.2, 0) is 28.6 Å². The first-order valence-electron chi connectivity index (χ1n) is 29.4. The molecule has 0 aliphatic rings. The Labute approximate surface area is 427 Å². The Morgan fingerprint density at radius 1 is 0.304 bits per heavy atom. The first-order chi connectivity index (χ1) is 34.0. The summed E-state index contributed by atoms with van der Waals surface area (Å²) in [6, 6.07) is 0. The topological polar surface area (TPSA) is 78.9 Å². The highest BCUT2D eigenvalue weighted by atomic mass is 16.6. The molecule has 0 saturated carbocycles. The lowest BCUT2D eigenvalue weighted by atomic mass is 10.0. The average molecular weight is 964 g/mol. The van der Waals surface area contributed by atoms with Gasteiger partial charge in [0.1, 0.15) is 13.2 Å². The van der Waals surface area contributed by atoms with Crippen molar-refractivity contribution in [2.45, 2.75) is 297 Å². The van der Waals surface area contributed by atoms with Crippen molar-refractivity contribution >= 4 is 17.9 Å². The van der Waals surface area contributed by atoms with Crippen LogP contribution in [0.25, 0.3) is 0 Å². The molecule has 398 valence electrons. The van der Waals surface area contributed by atoms with Crippen LogP contribution in [-0.4, -0.2) is 37.2 Å². The van der Waals surface area contributed by atoms with Gasteiger partial charge in [0.05, 0.1) is 0 Å². The fourth-order valence-electron chi connectivity index (χ4n) is 8.25. The largest absolute Gasteiger partial charge is 0.462 e. The maximum atomic E-state index is 12.8. The van der Waals surface area contributed by atoms with Crippen molar-refractivity contribution in [3.8, 4) is 0 Å². The van der Waals surface area contributed by atoms with E-state index in [9.17, 15) is 14.4 Å². The Morgan fingerprint density at radius 3 is 0.913 bits per heavy atom. The van der Waals surface area contributed by atoms with Gasteiger partial charge >= 0.3 is 17.9 Å². The number of hydrogen-bond donors (Lipinski definition) is 0. The summed E-state index contributed by atoms with van der Waals surface area (Å²) in [6.45, 7) is 6.50. The number of carbonyl (C=O) groups excluding carboxylic acids is 3. The molecule has 0 radical (unpaired) electrons. The summed E-state index contributed by atoms with van der Waals surface area (Å²) in [7, 11) is 0. The van der Waals surface area contributed by atoms with Crippen molar-refractivity contribution in [1.29, 1.82) is 0 Å². The second-order valence-corrected chi connectivity index (χ2v) is 19.5. The van der Waals surface area contributed by atoms with Crippen molar-refractivity contribution in [1.82, 2.24) is 0 Å². The van der Waals surface area contributed by atoms with Crippen LogP contribution in [0.4, 0.5) is 0 Å². The van der Waals surface area contributed by atoms with E-state index in [0.717, 1.165) is 109 Å². The Kier molecular flexibility index (Phi) is 54.8. The molecule has 0 N–H and O–H groups in total. The molecule has 0 aromatic rings. The van der Waals surface area contributed by atoms with Crippen LogP contribution < -0.4 is 0 Å². The normalized spacial score (nSPS) is 12.6. The number of unbranched alkanes of at least 4 members (excludes halogenated alkanes) is 30. The van der Waals surface area contributed by atoms with Gasteiger partial charge in [0.15, 0.2) is 6.10 Å². The van der Waals surface area contributed by atoms with Crippen LogP contribution in [0, 0.1) is 0 Å². The molecule has 0 aliphatic carbocycles. The zero-order chi connectivity index (χ0) is 50.0. The van der Waals surface area contributed by atoms with Crippen molar-refractivity contribution in [3.05, 3.63) is 72.9 Å². The lowest BCUT2D eigenvalue weighted by molar-refractivity contribution is -0.167. The molecule has 69 heavy (non-hydrogen) atoms. The highest BCUT2D eigenvalue weighted by molar-refractivity contribution is 5.71. The van der Waals surface area contributed by atoms with E-state index < -0.39 is 6.10 Å². The first-order valence-corrected chi connectivity index (χ1v) is 29.4. The summed E-state index contributed by atoms with van der Waals surface area (Å²) in [6.07, 6.45) is 73.2. The van der Waals surface area contributed by atoms with Crippen molar-refractivity contribution in [2.24, 2.45) is 0 Å². The third kappa shape index (κ3) is 55.6. The van der Waals surface area contributed by atoms with Gasteiger partial charge < -0.3 is 14.2 Å². The minimum absolute atomic E-state index is 0.0854. The highest BCUT2D eigenvalue weighted by Gasteiger charge is 2.19. The molecule has 0 amide bonds. The summed E-state index contributed by atoms with van der Waals surface area (Å²) < 4.78 is 16.9. The third-order valence-electron chi connectivity index (χ3n) is 12.7. The third-order valence-corrected chi connectivity index (χ3v) is 12.7. The minimum Gasteiger partial charge on any atom is -0.462 e. The minimum atomic E-state index is -0.789. The van der Waals surface area contributed by atoms with Gasteiger partial charge in [0.2, 0.25) is 0 Å². The van der Waals surface area contributed by atoms with Crippen molar-refractivity contribution in [2.75, 3.05) is 13.2 Å². The van der Waals surface area contributed by atoms with Gasteiger partial charge in [-0.05, 0) is 109 Å². The lowest BCUT2D eigenvalue weighted by Gasteiger charge is -2.18. The summed E-state index contributed by atoms with van der Waals surface area (Å²) in [5.74, 6) is -0.905. The first kappa shape index (κ1) is 65.8. The Balaban J connectivity index is 4.33. The molecule has 0 heterocycles. The van der Waals surface area contributed by atoms with Crippen LogP contribution in [0.2, 0.25) is 0 Å². The Hall–Kier alpha value is -3.15. The molecule has 6 heteroatoms. The maximum absolute atomic E-state index is 12.8. The molecular formula is C63H110O6. The van der Waals surface area contributed by atoms with Gasteiger partial charge in [-0.2, -0.15) is 0 Å². The molecule has 1 unspecified atom stereocenters. The second kappa shape index (κ2) is 57.4. The quantitative estimate of drug-likeness (QED) is 0.0262. The predicted octanol–water partition coefficient (Wildman–Crippen LogP) is 19.8. The highest BCUT2D eigenvalue weighted by Crippen LogP contribution is 2.15. The smallest absolute Gasteiger partial charge is 0.306 e. The number of rotatable bonds is 53. The van der Waals surface area contributed by atoms with E-state index in [1.807, 2.05) is 0 Å². The van der Waals surface area contributed by atoms with E-state index in [2.05, 4.69) is 93.7 Å². The molecule has 0 aromatic heterocycles. The number of allylic oxidation sites excluding steroid dienone is 12. The van der Waals surface area contributed by atoms with E-state index in [4.69, 9.17) is 14.2 Å². The molecule has 0 aliphatic heterocycles. The van der Waals surface area contributed by atoms with Crippen molar-refractivity contribution in [3.63, 3.8) is 0 Å². The van der Waals surface area contributed by atoms with Gasteiger partial charge in [-0.3, -0.25) is 14.4 Å². The van der Waals surface area contributed by atoms with Crippen LogP contribution >= 0.6 is 0 Å². The number of hydrogen-bond acceptors (Lipinski definition) is 6. The number of carbonyl (C=O) groups is 3. The van der Waals surface area contributed by atoms with Gasteiger partial charge in [0.25, 0.3) is 0 Å². The standard InChI is InChI=1S/C63H110O6/c1-4-7-10-13-16-19-22-25-27-28-29-30-31-32-33-34-36-38-41-44-47-50-53-56-62(65)68-59-60(58-67-61(64)55-52-49-46-43-40-37-24-21-18-15-12-9-6-3)69-63(66)57-54-51-48-45-42-39-35-26-23-20-17-14-11-8-5-2/h8,11,17,20-22,24-26,28-29,35,60H,4-7,9-10,12-16,18-19,23,27,30-34,36-59H2,1-3H3/b11-8-,20-17-,24-21-,25-22-,29-28-,35-26-. The van der Waals surface area contributed by atoms with Gasteiger partial charge in [-0.15, -0.1) is 0 Å². The lowest BCUT2D eigenvalue weighted by Crippen LogP contribution is -2.30. The summed E-state index contributed by atoms with van der Waals surface area (Å²) in [4.78, 5) is 38.1. The number of ether oxygens (including phenoxy) is 3. The second-order valence-electron chi connectivity index (χ2n) is 19.5. The molecule has 0 bridgehead atoms. The molecule has 0 spiro atoms. The van der Waals surface area contributed by atoms with Gasteiger partial charge in [-0.25, -0.2) is 0 Å². The molecule has 0 rings (SSSR count). The molecule has 0 aromatic carbocycles. The van der Waals surface area contributed by atoms with E-state index in [1.54, 1.807) is 0 Å². The van der Waals surface area contributed by atoms with Gasteiger partial charge in [-0.1, -0.05) is 235 Å².